The molecule has 0 aliphatic carbocycles. The van der Waals surface area contributed by atoms with E-state index in [1.807, 2.05) is 12.3 Å². The summed E-state index contributed by atoms with van der Waals surface area (Å²) in [5.74, 6) is 0. The predicted octanol–water partition coefficient (Wildman–Crippen LogP) is 4.16. The van der Waals surface area contributed by atoms with E-state index in [4.69, 9.17) is 5.73 Å². The van der Waals surface area contributed by atoms with Crippen LogP contribution in [0.3, 0.4) is 0 Å². The molecule has 0 fully saturated rings. The van der Waals surface area contributed by atoms with Gasteiger partial charge in [0.1, 0.15) is 0 Å². The van der Waals surface area contributed by atoms with E-state index in [0.717, 1.165) is 17.6 Å². The van der Waals surface area contributed by atoms with Gasteiger partial charge in [-0.25, -0.2) is 4.98 Å². The monoisotopic (exact) mass is 297 g/mol. The van der Waals surface area contributed by atoms with Crippen molar-refractivity contribution in [1.82, 2.24) is 9.97 Å². The second-order valence-electron chi connectivity index (χ2n) is 6.28. The lowest BCUT2D eigenvalue weighted by Gasteiger charge is -2.17. The van der Waals surface area contributed by atoms with Crippen LogP contribution in [0.4, 0.5) is 5.13 Å². The van der Waals surface area contributed by atoms with Crippen LogP contribution >= 0.6 is 11.3 Å². The number of hydrogen-bond acceptors (Lipinski definition) is 4. The molecular formula is C17H19N3S. The van der Waals surface area contributed by atoms with E-state index in [1.165, 1.54) is 15.8 Å². The number of nitrogens with zero attached hydrogens (tertiary/aromatic N) is 2. The van der Waals surface area contributed by atoms with Gasteiger partial charge in [0.05, 0.1) is 11.2 Å². The van der Waals surface area contributed by atoms with E-state index >= 15 is 0 Å². The van der Waals surface area contributed by atoms with Crippen LogP contribution in [-0.4, -0.2) is 9.97 Å². The topological polar surface area (TPSA) is 51.8 Å². The summed E-state index contributed by atoms with van der Waals surface area (Å²) in [6.07, 6.45) is 2.69. The highest BCUT2D eigenvalue weighted by Crippen LogP contribution is 2.32. The summed E-state index contributed by atoms with van der Waals surface area (Å²) in [5.41, 5.74) is 9.34. The summed E-state index contributed by atoms with van der Waals surface area (Å²) >= 11 is 1.59. The largest absolute Gasteiger partial charge is 0.375 e. The van der Waals surface area contributed by atoms with Gasteiger partial charge in [0, 0.05) is 28.3 Å². The third kappa shape index (κ3) is 2.90. The van der Waals surface area contributed by atoms with Crippen LogP contribution < -0.4 is 5.73 Å². The van der Waals surface area contributed by atoms with E-state index in [2.05, 4.69) is 55.0 Å². The van der Waals surface area contributed by atoms with Gasteiger partial charge in [-0.2, -0.15) is 0 Å². The molecule has 4 heteroatoms. The van der Waals surface area contributed by atoms with E-state index in [-0.39, 0.29) is 5.41 Å². The number of hydrogen-bond donors (Lipinski definition) is 1. The van der Waals surface area contributed by atoms with E-state index in [0.29, 0.717) is 5.13 Å². The number of anilines is 1. The molecule has 2 heterocycles. The summed E-state index contributed by atoms with van der Waals surface area (Å²) in [5, 5.41) is 1.82. The minimum absolute atomic E-state index is 0.0157. The summed E-state index contributed by atoms with van der Waals surface area (Å²) in [6, 6.07) is 10.5. The van der Waals surface area contributed by atoms with Crippen molar-refractivity contribution in [3.05, 3.63) is 52.7 Å². The summed E-state index contributed by atoms with van der Waals surface area (Å²) in [4.78, 5) is 10.1. The lowest BCUT2D eigenvalue weighted by atomic mass is 9.90. The first-order valence-corrected chi connectivity index (χ1v) is 7.84. The Bertz CT molecular complexity index is 784. The quantitative estimate of drug-likeness (QED) is 0.772. The number of thiazole rings is 1. The van der Waals surface area contributed by atoms with Gasteiger partial charge >= 0.3 is 0 Å². The molecule has 0 aliphatic heterocycles. The average Bonchev–Trinajstić information content (AvgIpc) is 2.79. The molecule has 2 N–H and O–H groups in total. The molecule has 0 atom stereocenters. The van der Waals surface area contributed by atoms with Gasteiger partial charge in [-0.15, -0.1) is 11.3 Å². The summed E-state index contributed by atoms with van der Waals surface area (Å²) in [6.45, 7) is 6.53. The number of nitrogens with two attached hydrogens (primary N) is 1. The molecule has 0 saturated carbocycles. The fourth-order valence-corrected chi connectivity index (χ4v) is 3.57. The second-order valence-corrected chi connectivity index (χ2v) is 7.40. The number of nitrogen functional groups attached to an aromatic ring is 1. The molecule has 0 radical (unpaired) electrons. The first-order valence-electron chi connectivity index (χ1n) is 7.03. The molecule has 1 aromatic carbocycles. The SMILES string of the molecule is CC(C)(C)c1nc(N)sc1Cc1ccc2ncccc2c1. The smallest absolute Gasteiger partial charge is 0.180 e. The third-order valence-electron chi connectivity index (χ3n) is 3.46. The maximum atomic E-state index is 5.92. The molecule has 3 nitrogen and oxygen atoms in total. The Kier molecular flexibility index (Phi) is 3.41. The normalized spacial score (nSPS) is 12.0. The molecule has 0 aliphatic rings. The highest BCUT2D eigenvalue weighted by atomic mass is 32.1. The minimum atomic E-state index is 0.0157. The Balaban J connectivity index is 1.99. The second kappa shape index (κ2) is 5.11. The number of benzene rings is 1. The van der Waals surface area contributed by atoms with Crippen LogP contribution in [0.1, 0.15) is 36.9 Å². The molecule has 0 bridgehead atoms. The predicted molar refractivity (Wildman–Crippen MR) is 89.8 cm³/mol. The van der Waals surface area contributed by atoms with E-state index < -0.39 is 0 Å². The lowest BCUT2D eigenvalue weighted by Crippen LogP contribution is -2.14. The molecule has 3 rings (SSSR count). The lowest BCUT2D eigenvalue weighted by molar-refractivity contribution is 0.568. The molecule has 0 spiro atoms. The van der Waals surface area contributed by atoms with Crippen LogP contribution in [0.25, 0.3) is 10.9 Å². The summed E-state index contributed by atoms with van der Waals surface area (Å²) < 4.78 is 0. The maximum absolute atomic E-state index is 5.92. The van der Waals surface area contributed by atoms with Crippen LogP contribution in [0, 0.1) is 0 Å². The van der Waals surface area contributed by atoms with Crippen molar-refractivity contribution >= 4 is 27.4 Å². The Labute approximate surface area is 128 Å². The van der Waals surface area contributed by atoms with Gasteiger partial charge < -0.3 is 5.73 Å². The molecule has 3 aromatic rings. The number of pyridine rings is 1. The molecule has 0 saturated heterocycles. The standard InChI is InChI=1S/C17H19N3S/c1-17(2,3)15-14(21-16(18)20-15)10-11-6-7-13-12(9-11)5-4-8-19-13/h4-9H,10H2,1-3H3,(H2,18,20). The van der Waals surface area contributed by atoms with Crippen molar-refractivity contribution in [2.24, 2.45) is 0 Å². The van der Waals surface area contributed by atoms with Crippen LogP contribution in [0.2, 0.25) is 0 Å². The van der Waals surface area contributed by atoms with E-state index in [1.54, 1.807) is 11.3 Å². The van der Waals surface area contributed by atoms with Crippen molar-refractivity contribution < 1.29 is 0 Å². The Morgan fingerprint density at radius 1 is 1.19 bits per heavy atom. The van der Waals surface area contributed by atoms with Gasteiger partial charge in [0.2, 0.25) is 0 Å². The van der Waals surface area contributed by atoms with Crippen molar-refractivity contribution in [2.45, 2.75) is 32.6 Å². The van der Waals surface area contributed by atoms with E-state index in [9.17, 15) is 0 Å². The van der Waals surface area contributed by atoms with Gasteiger partial charge in [0.25, 0.3) is 0 Å². The molecule has 0 amide bonds. The van der Waals surface area contributed by atoms with Gasteiger partial charge in [-0.05, 0) is 23.8 Å². The van der Waals surface area contributed by atoms with Crippen LogP contribution in [0.5, 0.6) is 0 Å². The highest BCUT2D eigenvalue weighted by Gasteiger charge is 2.22. The Morgan fingerprint density at radius 2 is 2.00 bits per heavy atom. The Hall–Kier alpha value is -1.94. The van der Waals surface area contributed by atoms with Gasteiger partial charge in [-0.1, -0.05) is 32.9 Å². The maximum Gasteiger partial charge on any atom is 0.180 e. The van der Waals surface area contributed by atoms with Crippen molar-refractivity contribution in [1.29, 1.82) is 0 Å². The van der Waals surface area contributed by atoms with Crippen LogP contribution in [-0.2, 0) is 11.8 Å². The van der Waals surface area contributed by atoms with Gasteiger partial charge in [0.15, 0.2) is 5.13 Å². The molecule has 21 heavy (non-hydrogen) atoms. The van der Waals surface area contributed by atoms with Crippen molar-refractivity contribution in [2.75, 3.05) is 5.73 Å². The average molecular weight is 297 g/mol. The highest BCUT2D eigenvalue weighted by molar-refractivity contribution is 7.15. The van der Waals surface area contributed by atoms with Crippen molar-refractivity contribution in [3.8, 4) is 0 Å². The fraction of sp³-hybridized carbons (Fsp3) is 0.294. The summed E-state index contributed by atoms with van der Waals surface area (Å²) in [7, 11) is 0. The number of rotatable bonds is 2. The molecule has 108 valence electrons. The van der Waals surface area contributed by atoms with Gasteiger partial charge in [-0.3, -0.25) is 4.98 Å². The Morgan fingerprint density at radius 3 is 2.76 bits per heavy atom. The molecule has 0 unspecified atom stereocenters. The zero-order valence-corrected chi connectivity index (χ0v) is 13.4. The van der Waals surface area contributed by atoms with Crippen molar-refractivity contribution in [3.63, 3.8) is 0 Å². The van der Waals surface area contributed by atoms with Crippen LogP contribution in [0.15, 0.2) is 36.5 Å². The zero-order chi connectivity index (χ0) is 15.0. The fourth-order valence-electron chi connectivity index (χ4n) is 2.50. The molecular weight excluding hydrogens is 278 g/mol. The minimum Gasteiger partial charge on any atom is -0.375 e. The number of fused-ring (bicyclic) bond motifs is 1. The molecule has 2 aromatic heterocycles. The third-order valence-corrected chi connectivity index (χ3v) is 4.34. The first kappa shape index (κ1) is 14.0. The first-order chi connectivity index (χ1) is 9.93. The number of aromatic nitrogens is 2. The zero-order valence-electron chi connectivity index (χ0n) is 12.6.